The molecule has 4 heterocycles. The van der Waals surface area contributed by atoms with Gasteiger partial charge in [0, 0.05) is 49.1 Å². The molecule has 2 fully saturated rings. The number of aromatic nitrogens is 2. The van der Waals surface area contributed by atoms with Crippen molar-refractivity contribution in [1.29, 1.82) is 0 Å². The first-order chi connectivity index (χ1) is 24.8. The Hall–Kier alpha value is -5.25. The van der Waals surface area contributed by atoms with Gasteiger partial charge in [0.15, 0.2) is 5.69 Å². The molecule has 5 rings (SSSR count). The average molecular weight is 721 g/mol. The van der Waals surface area contributed by atoms with Crippen LogP contribution in [0.15, 0.2) is 41.1 Å². The van der Waals surface area contributed by atoms with Gasteiger partial charge in [-0.25, -0.2) is 0 Å². The number of para-hydroxylation sites is 1. The van der Waals surface area contributed by atoms with E-state index in [2.05, 4.69) is 36.7 Å². The quantitative estimate of drug-likeness (QED) is 0.189. The maximum atomic E-state index is 14.1. The van der Waals surface area contributed by atoms with Crippen LogP contribution in [0.1, 0.15) is 74.7 Å². The zero-order valence-electron chi connectivity index (χ0n) is 29.9. The molecule has 0 spiro atoms. The third-order valence-electron chi connectivity index (χ3n) is 9.37. The Bertz CT molecular complexity index is 1790. The van der Waals surface area contributed by atoms with Crippen LogP contribution >= 0.6 is 0 Å². The van der Waals surface area contributed by atoms with Crippen LogP contribution in [0.4, 0.5) is 0 Å². The summed E-state index contributed by atoms with van der Waals surface area (Å²) >= 11 is 0. The van der Waals surface area contributed by atoms with Gasteiger partial charge < -0.3 is 46.1 Å². The van der Waals surface area contributed by atoms with Gasteiger partial charge in [-0.05, 0) is 57.1 Å². The van der Waals surface area contributed by atoms with Crippen LogP contribution in [0.5, 0.6) is 0 Å². The number of H-pyrrole nitrogens is 1. The van der Waals surface area contributed by atoms with E-state index < -0.39 is 71.8 Å². The van der Waals surface area contributed by atoms with E-state index >= 15 is 0 Å². The fraction of sp³-hybridized carbons (Fsp3) is 0.528. The maximum Gasteiger partial charge on any atom is 0.274 e. The maximum absolute atomic E-state index is 14.1. The molecule has 6 atom stereocenters. The fourth-order valence-electron chi connectivity index (χ4n) is 6.65. The summed E-state index contributed by atoms with van der Waals surface area (Å²) in [5.74, 6) is -3.14. The Morgan fingerprint density at radius 2 is 1.77 bits per heavy atom. The Morgan fingerprint density at radius 3 is 2.50 bits per heavy atom. The predicted molar refractivity (Wildman–Crippen MR) is 188 cm³/mol. The first kappa shape index (κ1) is 38.0. The van der Waals surface area contributed by atoms with Gasteiger partial charge in [-0.3, -0.25) is 28.8 Å². The second-order valence-electron chi connectivity index (χ2n) is 14.1. The van der Waals surface area contributed by atoms with E-state index in [1.807, 2.05) is 38.1 Å². The Kier molecular flexibility index (Phi) is 12.3. The lowest BCUT2D eigenvalue weighted by molar-refractivity contribution is -0.142. The van der Waals surface area contributed by atoms with Crippen molar-refractivity contribution < 1.29 is 38.4 Å². The van der Waals surface area contributed by atoms with E-state index in [0.29, 0.717) is 18.6 Å². The molecule has 6 amide bonds. The number of aliphatic hydroxyl groups excluding tert-OH is 1. The van der Waals surface area contributed by atoms with Crippen LogP contribution in [0.2, 0.25) is 0 Å². The molecule has 2 saturated heterocycles. The van der Waals surface area contributed by atoms with Crippen molar-refractivity contribution in [2.75, 3.05) is 13.1 Å². The van der Waals surface area contributed by atoms with E-state index in [1.54, 1.807) is 13.1 Å². The minimum Gasteiger partial charge on any atom is -0.391 e. The molecule has 3 aromatic rings. The molecule has 16 heteroatoms. The molecule has 52 heavy (non-hydrogen) atoms. The molecule has 0 aliphatic carbocycles. The molecule has 7 N–H and O–H groups in total. The van der Waals surface area contributed by atoms with Crippen LogP contribution in [0.3, 0.4) is 0 Å². The number of carbonyl (C=O) groups is 6. The zero-order chi connectivity index (χ0) is 37.5. The minimum atomic E-state index is -1.18. The molecule has 280 valence electrons. The zero-order valence-corrected chi connectivity index (χ0v) is 29.9. The van der Waals surface area contributed by atoms with Crippen molar-refractivity contribution >= 4 is 46.3 Å². The summed E-state index contributed by atoms with van der Waals surface area (Å²) in [6, 6.07) is 3.55. The van der Waals surface area contributed by atoms with Gasteiger partial charge in [0.05, 0.1) is 6.10 Å². The lowest BCUT2D eigenvalue weighted by atomic mass is 10.00. The van der Waals surface area contributed by atoms with Crippen molar-refractivity contribution in [1.82, 2.24) is 41.6 Å². The molecular formula is C36H48N8O8. The Morgan fingerprint density at radius 1 is 1.02 bits per heavy atom. The summed E-state index contributed by atoms with van der Waals surface area (Å²) < 4.78 is 5.00. The number of amides is 6. The second-order valence-corrected chi connectivity index (χ2v) is 14.1. The van der Waals surface area contributed by atoms with Gasteiger partial charge in [0.2, 0.25) is 29.5 Å². The summed E-state index contributed by atoms with van der Waals surface area (Å²) in [5, 5.41) is 28.9. The number of rotatable bonds is 6. The number of benzene rings is 1. The summed E-state index contributed by atoms with van der Waals surface area (Å²) in [6.45, 7) is 7.02. The van der Waals surface area contributed by atoms with Gasteiger partial charge in [0.25, 0.3) is 5.91 Å². The molecule has 16 nitrogen and oxygen atoms in total. The van der Waals surface area contributed by atoms with Crippen molar-refractivity contribution in [2.24, 2.45) is 5.92 Å². The number of carbonyl (C=O) groups excluding carboxylic acids is 6. The minimum absolute atomic E-state index is 0.0152. The van der Waals surface area contributed by atoms with E-state index in [1.165, 1.54) is 17.9 Å². The van der Waals surface area contributed by atoms with Gasteiger partial charge >= 0.3 is 0 Å². The highest BCUT2D eigenvalue weighted by Gasteiger charge is 2.42. The van der Waals surface area contributed by atoms with Gasteiger partial charge in [-0.2, -0.15) is 0 Å². The second kappa shape index (κ2) is 16.8. The number of hydrogen-bond donors (Lipinski definition) is 7. The summed E-state index contributed by atoms with van der Waals surface area (Å²) in [4.78, 5) is 86.2. The molecular weight excluding hydrogens is 672 g/mol. The highest BCUT2D eigenvalue weighted by Crippen LogP contribution is 2.23. The third-order valence-corrected chi connectivity index (χ3v) is 9.37. The van der Waals surface area contributed by atoms with Gasteiger partial charge in [-0.1, -0.05) is 37.2 Å². The molecule has 0 bridgehead atoms. The summed E-state index contributed by atoms with van der Waals surface area (Å²) in [7, 11) is 0. The predicted octanol–water partition coefficient (Wildman–Crippen LogP) is 0.588. The molecule has 2 aliphatic heterocycles. The topological polar surface area (TPSA) is 228 Å². The number of aromatic amines is 1. The van der Waals surface area contributed by atoms with Crippen LogP contribution < -0.4 is 26.6 Å². The van der Waals surface area contributed by atoms with E-state index in [-0.39, 0.29) is 50.4 Å². The normalized spacial score (nSPS) is 25.7. The van der Waals surface area contributed by atoms with E-state index in [9.17, 15) is 33.9 Å². The van der Waals surface area contributed by atoms with Crippen molar-refractivity contribution in [2.45, 2.75) is 103 Å². The number of aliphatic hydroxyl groups is 1. The standard InChI is InChI=1S/C36H48N8O8/c1-19(2)13-29-36(51)44-18-23(45)16-30(44)35(50)37-12-8-7-11-26(40-34(49)28-14-20(3)52-43-28)32(47)39-21(4)31(46)41-27(33(48)42-29)15-22-17-38-25-10-6-5-9-24(22)25/h5-6,9-10,14,17,19,21,23,26-27,29-30,38,45H,7-8,11-13,15-16,18H2,1-4H3,(H,37,50)(H,39,47)(H,40,49)(H,41,46)(H,42,48)/t21-,23-,26+,27+,29-,30+/m1/s1. The smallest absolute Gasteiger partial charge is 0.274 e. The monoisotopic (exact) mass is 720 g/mol. The molecule has 0 radical (unpaired) electrons. The first-order valence-corrected chi connectivity index (χ1v) is 17.8. The molecule has 0 unspecified atom stereocenters. The van der Waals surface area contributed by atoms with Crippen LogP contribution in [-0.4, -0.2) is 105 Å². The van der Waals surface area contributed by atoms with Gasteiger partial charge in [0.1, 0.15) is 36.0 Å². The van der Waals surface area contributed by atoms with Crippen molar-refractivity contribution in [3.8, 4) is 0 Å². The number of nitrogens with one attached hydrogen (secondary N) is 6. The fourth-order valence-corrected chi connectivity index (χ4v) is 6.65. The lowest BCUT2D eigenvalue weighted by Crippen LogP contribution is -2.59. The number of nitrogens with zero attached hydrogens (tertiary/aromatic N) is 2. The van der Waals surface area contributed by atoms with Crippen molar-refractivity contribution in [3.63, 3.8) is 0 Å². The van der Waals surface area contributed by atoms with Crippen molar-refractivity contribution in [3.05, 3.63) is 53.5 Å². The molecule has 1 aromatic carbocycles. The summed E-state index contributed by atoms with van der Waals surface area (Å²) in [5.41, 5.74) is 1.56. The summed E-state index contributed by atoms with van der Waals surface area (Å²) in [6.07, 6.45) is 2.13. The highest BCUT2D eigenvalue weighted by molar-refractivity contribution is 5.98. The van der Waals surface area contributed by atoms with Crippen LogP contribution in [-0.2, 0) is 30.4 Å². The first-order valence-electron chi connectivity index (χ1n) is 17.8. The highest BCUT2D eigenvalue weighted by atomic mass is 16.5. The van der Waals surface area contributed by atoms with Gasteiger partial charge in [-0.15, -0.1) is 0 Å². The van der Waals surface area contributed by atoms with Crippen LogP contribution in [0.25, 0.3) is 10.9 Å². The van der Waals surface area contributed by atoms with E-state index in [0.717, 1.165) is 16.5 Å². The number of hydrogen-bond acceptors (Lipinski definition) is 9. The van der Waals surface area contributed by atoms with E-state index in [4.69, 9.17) is 4.52 Å². The SMILES string of the molecule is Cc1cc(C(=O)N[C@H]2CCCCNC(=O)[C@@H]3C[C@@H](O)CN3C(=O)[C@@H](CC(C)C)NC(=O)[C@H](Cc3c[nH]c4ccccc34)NC(=O)[C@@H](C)NC2=O)no1. The third kappa shape index (κ3) is 9.34. The average Bonchev–Trinajstić information content (AvgIpc) is 3.84. The number of aryl methyl sites for hydroxylation is 1. The Labute approximate surface area is 301 Å². The molecule has 2 aliphatic rings. The largest absolute Gasteiger partial charge is 0.391 e. The Balaban J connectivity index is 1.44. The molecule has 2 aromatic heterocycles. The van der Waals surface area contributed by atoms with Crippen LogP contribution in [0, 0.1) is 12.8 Å². The molecule has 0 saturated carbocycles. The number of fused-ring (bicyclic) bond motifs is 2. The lowest BCUT2D eigenvalue weighted by Gasteiger charge is -2.30.